The van der Waals surface area contributed by atoms with Gasteiger partial charge in [0.2, 0.25) is 0 Å². The van der Waals surface area contributed by atoms with Crippen LogP contribution in [-0.4, -0.2) is 29.8 Å². The smallest absolute Gasteiger partial charge is 0.271 e. The van der Waals surface area contributed by atoms with Crippen molar-refractivity contribution in [1.82, 2.24) is 9.78 Å². The molecule has 1 aromatic heterocycles. The predicted molar refractivity (Wildman–Crippen MR) is 66.4 cm³/mol. The van der Waals surface area contributed by atoms with E-state index in [-0.39, 0.29) is 5.69 Å². The Hall–Kier alpha value is -2.30. The Labute approximate surface area is 99.5 Å². The van der Waals surface area contributed by atoms with Crippen LogP contribution in [0.2, 0.25) is 0 Å². The Bertz CT molecular complexity index is 531. The molecule has 0 saturated heterocycles. The molecule has 17 heavy (non-hydrogen) atoms. The number of hydrogen-bond donors (Lipinski definition) is 1. The van der Waals surface area contributed by atoms with Gasteiger partial charge in [-0.25, -0.2) is 4.68 Å². The zero-order valence-corrected chi connectivity index (χ0v) is 9.79. The van der Waals surface area contributed by atoms with Gasteiger partial charge in [0, 0.05) is 14.1 Å². The fraction of sp³-hybridized carbons (Fsp3) is 0.167. The minimum atomic E-state index is -0.525. The van der Waals surface area contributed by atoms with Gasteiger partial charge in [-0.2, -0.15) is 5.10 Å². The van der Waals surface area contributed by atoms with Gasteiger partial charge in [-0.1, -0.05) is 18.2 Å². The van der Waals surface area contributed by atoms with Crippen LogP contribution in [0.4, 0.5) is 5.69 Å². The quantitative estimate of drug-likeness (QED) is 0.856. The lowest BCUT2D eigenvalue weighted by atomic mass is 10.3. The maximum absolute atomic E-state index is 11.3. The van der Waals surface area contributed by atoms with Gasteiger partial charge in [-0.05, 0) is 12.1 Å². The average Bonchev–Trinajstić information content (AvgIpc) is 2.75. The summed E-state index contributed by atoms with van der Waals surface area (Å²) < 4.78 is 1.65. The maximum atomic E-state index is 11.3. The fourth-order valence-electron chi connectivity index (χ4n) is 1.58. The first-order valence-electron chi connectivity index (χ1n) is 5.22. The number of anilines is 1. The van der Waals surface area contributed by atoms with Gasteiger partial charge < -0.3 is 10.6 Å². The summed E-state index contributed by atoms with van der Waals surface area (Å²) in [5, 5.41) is 4.20. The number of para-hydroxylation sites is 1. The van der Waals surface area contributed by atoms with E-state index >= 15 is 0 Å². The highest BCUT2D eigenvalue weighted by Crippen LogP contribution is 2.19. The summed E-state index contributed by atoms with van der Waals surface area (Å²) in [6.45, 7) is 0. The molecule has 1 heterocycles. The third kappa shape index (κ3) is 2.13. The molecule has 2 aromatic rings. The number of benzene rings is 1. The lowest BCUT2D eigenvalue weighted by Crippen LogP contribution is -2.17. The Morgan fingerprint density at radius 1 is 1.29 bits per heavy atom. The molecule has 0 aliphatic heterocycles. The van der Waals surface area contributed by atoms with Crippen molar-refractivity contribution < 1.29 is 4.79 Å². The molecule has 0 spiro atoms. The van der Waals surface area contributed by atoms with Crippen molar-refractivity contribution in [2.75, 3.05) is 19.0 Å². The van der Waals surface area contributed by atoms with Crippen LogP contribution in [0.5, 0.6) is 0 Å². The van der Waals surface area contributed by atoms with Crippen LogP contribution < -0.4 is 10.6 Å². The number of amides is 1. The van der Waals surface area contributed by atoms with Crippen molar-refractivity contribution in [3.05, 3.63) is 42.2 Å². The van der Waals surface area contributed by atoms with Crippen LogP contribution in [0, 0.1) is 0 Å². The molecule has 0 saturated carbocycles. The number of nitrogens with two attached hydrogens (primary N) is 1. The van der Waals surface area contributed by atoms with Crippen LogP contribution in [-0.2, 0) is 0 Å². The van der Waals surface area contributed by atoms with E-state index in [0.29, 0.717) is 5.69 Å². The van der Waals surface area contributed by atoms with Crippen molar-refractivity contribution in [2.24, 2.45) is 5.73 Å². The van der Waals surface area contributed by atoms with Crippen LogP contribution in [0.15, 0.2) is 36.5 Å². The minimum absolute atomic E-state index is 0.277. The second kappa shape index (κ2) is 4.29. The van der Waals surface area contributed by atoms with Gasteiger partial charge in [-0.15, -0.1) is 0 Å². The van der Waals surface area contributed by atoms with Crippen molar-refractivity contribution in [2.45, 2.75) is 0 Å². The van der Waals surface area contributed by atoms with E-state index in [1.165, 1.54) is 0 Å². The highest BCUT2D eigenvalue weighted by molar-refractivity contribution is 5.96. The van der Waals surface area contributed by atoms with Crippen molar-refractivity contribution in [1.29, 1.82) is 0 Å². The molecular weight excluding hydrogens is 216 g/mol. The van der Waals surface area contributed by atoms with Crippen LogP contribution in [0.3, 0.4) is 0 Å². The second-order valence-electron chi connectivity index (χ2n) is 3.90. The summed E-state index contributed by atoms with van der Waals surface area (Å²) in [4.78, 5) is 13.1. The summed E-state index contributed by atoms with van der Waals surface area (Å²) in [7, 11) is 3.69. The lowest BCUT2D eigenvalue weighted by molar-refractivity contribution is 0.0995. The van der Waals surface area contributed by atoms with E-state index in [1.54, 1.807) is 10.9 Å². The lowest BCUT2D eigenvalue weighted by Gasteiger charge is -2.09. The predicted octanol–water partition coefficient (Wildman–Crippen LogP) is 1.04. The van der Waals surface area contributed by atoms with Crippen molar-refractivity contribution in [3.8, 4) is 5.69 Å². The molecule has 1 aromatic carbocycles. The van der Waals surface area contributed by atoms with E-state index in [0.717, 1.165) is 5.69 Å². The van der Waals surface area contributed by atoms with Crippen LogP contribution in [0.25, 0.3) is 5.69 Å². The highest BCUT2D eigenvalue weighted by atomic mass is 16.1. The largest absolute Gasteiger partial charge is 0.374 e. The molecule has 2 N–H and O–H groups in total. The first-order valence-corrected chi connectivity index (χ1v) is 5.22. The topological polar surface area (TPSA) is 64.2 Å². The van der Waals surface area contributed by atoms with Gasteiger partial charge in [0.15, 0.2) is 5.69 Å². The molecule has 0 bridgehead atoms. The van der Waals surface area contributed by atoms with Crippen LogP contribution in [0.1, 0.15) is 10.5 Å². The molecule has 5 heteroatoms. The summed E-state index contributed by atoms with van der Waals surface area (Å²) in [5.41, 5.74) is 7.18. The van der Waals surface area contributed by atoms with Gasteiger partial charge in [-0.3, -0.25) is 4.79 Å². The van der Waals surface area contributed by atoms with Crippen molar-refractivity contribution >= 4 is 11.6 Å². The molecule has 0 aliphatic carbocycles. The van der Waals surface area contributed by atoms with E-state index in [1.807, 2.05) is 49.3 Å². The number of nitrogens with zero attached hydrogens (tertiary/aromatic N) is 3. The Balaban J connectivity index is 2.51. The monoisotopic (exact) mass is 230 g/mol. The Kier molecular flexibility index (Phi) is 2.82. The van der Waals surface area contributed by atoms with E-state index in [9.17, 15) is 4.79 Å². The van der Waals surface area contributed by atoms with Gasteiger partial charge in [0.05, 0.1) is 17.6 Å². The molecule has 0 aliphatic rings. The average molecular weight is 230 g/mol. The summed E-state index contributed by atoms with van der Waals surface area (Å²) in [6.07, 6.45) is 1.79. The van der Waals surface area contributed by atoms with E-state index in [2.05, 4.69) is 5.10 Å². The third-order valence-corrected chi connectivity index (χ3v) is 2.43. The molecule has 0 atom stereocenters. The molecule has 0 fully saturated rings. The number of carbonyl (C=O) groups excluding carboxylic acids is 1. The molecule has 0 radical (unpaired) electrons. The third-order valence-electron chi connectivity index (χ3n) is 2.43. The summed E-state index contributed by atoms with van der Waals surface area (Å²) in [5.74, 6) is -0.525. The van der Waals surface area contributed by atoms with E-state index in [4.69, 9.17) is 5.73 Å². The summed E-state index contributed by atoms with van der Waals surface area (Å²) in [6, 6.07) is 9.58. The minimum Gasteiger partial charge on any atom is -0.374 e. The second-order valence-corrected chi connectivity index (χ2v) is 3.90. The first kappa shape index (κ1) is 11.2. The number of hydrogen-bond acceptors (Lipinski definition) is 3. The standard InChI is InChI=1S/C12H14N4O/c1-15(2)10-8-16(14-11(10)12(13)17)9-6-4-3-5-7-9/h3-8H,1-2H3,(H2,13,17). The zero-order valence-electron chi connectivity index (χ0n) is 9.79. The molecule has 1 amide bonds. The SMILES string of the molecule is CN(C)c1cn(-c2ccccc2)nc1C(N)=O. The fourth-order valence-corrected chi connectivity index (χ4v) is 1.58. The Morgan fingerprint density at radius 2 is 1.94 bits per heavy atom. The summed E-state index contributed by atoms with van der Waals surface area (Å²) >= 11 is 0. The van der Waals surface area contributed by atoms with Crippen LogP contribution >= 0.6 is 0 Å². The van der Waals surface area contributed by atoms with Crippen molar-refractivity contribution in [3.63, 3.8) is 0 Å². The number of aromatic nitrogens is 2. The molecule has 2 rings (SSSR count). The zero-order chi connectivity index (χ0) is 12.4. The maximum Gasteiger partial charge on any atom is 0.271 e. The number of primary amides is 1. The molecule has 5 nitrogen and oxygen atoms in total. The normalized spacial score (nSPS) is 10.2. The van der Waals surface area contributed by atoms with E-state index < -0.39 is 5.91 Å². The molecule has 88 valence electrons. The Morgan fingerprint density at radius 3 is 2.41 bits per heavy atom. The first-order chi connectivity index (χ1) is 8.09. The molecule has 0 unspecified atom stereocenters. The van der Waals surface area contributed by atoms with Gasteiger partial charge >= 0.3 is 0 Å². The highest BCUT2D eigenvalue weighted by Gasteiger charge is 2.15. The molecular formula is C12H14N4O. The van der Waals surface area contributed by atoms with Gasteiger partial charge in [0.1, 0.15) is 0 Å². The number of rotatable bonds is 3. The number of carbonyl (C=O) groups is 1. The van der Waals surface area contributed by atoms with Gasteiger partial charge in [0.25, 0.3) is 5.91 Å².